The molecule has 0 fully saturated rings. The number of carboxylic acids is 1. The first-order valence-corrected chi connectivity index (χ1v) is 11.6. The number of fused-ring (bicyclic) bond motifs is 4. The minimum Gasteiger partial charge on any atom is -0.480 e. The number of pyridine rings is 1. The summed E-state index contributed by atoms with van der Waals surface area (Å²) in [5.41, 5.74) is 4.45. The van der Waals surface area contributed by atoms with Crippen LogP contribution in [0.2, 0.25) is 0 Å². The molecule has 2 aromatic carbocycles. The Morgan fingerprint density at radius 2 is 1.81 bits per heavy atom. The van der Waals surface area contributed by atoms with Crippen molar-refractivity contribution in [2.45, 2.75) is 12.5 Å². The lowest BCUT2D eigenvalue weighted by Gasteiger charge is -2.14. The first kappa shape index (κ1) is 23.8. The van der Waals surface area contributed by atoms with E-state index in [-0.39, 0.29) is 19.5 Å². The van der Waals surface area contributed by atoms with Gasteiger partial charge in [0, 0.05) is 24.4 Å². The molecule has 3 heterocycles. The van der Waals surface area contributed by atoms with E-state index in [0.29, 0.717) is 17.0 Å². The maximum absolute atomic E-state index is 12.6. The zero-order valence-corrected chi connectivity index (χ0v) is 19.9. The van der Waals surface area contributed by atoms with Crippen molar-refractivity contribution in [2.24, 2.45) is 7.05 Å². The Bertz CT molecular complexity index is 1630. The van der Waals surface area contributed by atoms with Crippen LogP contribution in [0.3, 0.4) is 0 Å². The Kier molecular flexibility index (Phi) is 6.42. The Balaban J connectivity index is 1.29. The topological polar surface area (TPSA) is 153 Å². The van der Waals surface area contributed by atoms with Crippen LogP contribution in [0, 0.1) is 0 Å². The minimum atomic E-state index is -1.19. The molecule has 5 N–H and O–H groups in total. The average molecular weight is 502 g/mol. The van der Waals surface area contributed by atoms with Crippen LogP contribution < -0.4 is 20.5 Å². The van der Waals surface area contributed by atoms with E-state index in [4.69, 9.17) is 4.42 Å². The number of imidazole rings is 1. The number of aliphatic carboxylic acids is 1. The number of furan rings is 1. The van der Waals surface area contributed by atoms with Gasteiger partial charge in [0.1, 0.15) is 18.7 Å². The maximum Gasteiger partial charge on any atom is 0.326 e. The van der Waals surface area contributed by atoms with Gasteiger partial charge in [-0.3, -0.25) is 9.59 Å². The third kappa shape index (κ3) is 4.79. The van der Waals surface area contributed by atoms with E-state index in [1.165, 1.54) is 12.5 Å². The van der Waals surface area contributed by atoms with Gasteiger partial charge in [-0.15, -0.1) is 0 Å². The van der Waals surface area contributed by atoms with Crippen molar-refractivity contribution in [3.8, 4) is 0 Å². The highest BCUT2D eigenvalue weighted by Gasteiger charge is 2.25. The summed E-state index contributed by atoms with van der Waals surface area (Å²) < 4.78 is 8.23. The van der Waals surface area contributed by atoms with Crippen LogP contribution in [0.15, 0.2) is 65.5 Å². The summed E-state index contributed by atoms with van der Waals surface area (Å²) in [7, 11) is 1.97. The first-order valence-electron chi connectivity index (χ1n) is 11.6. The second-order valence-electron chi connectivity index (χ2n) is 8.60. The van der Waals surface area contributed by atoms with Gasteiger partial charge in [-0.25, -0.2) is 9.78 Å². The number of para-hydroxylation sites is 2. The number of amides is 2. The molecule has 0 saturated heterocycles. The molecule has 1 unspecified atom stereocenters. The molecule has 37 heavy (non-hydrogen) atoms. The van der Waals surface area contributed by atoms with Gasteiger partial charge >= 0.3 is 5.97 Å². The van der Waals surface area contributed by atoms with E-state index >= 15 is 0 Å². The fraction of sp³-hybridized carbons (Fsp3) is 0.192. The van der Waals surface area contributed by atoms with Crippen molar-refractivity contribution < 1.29 is 28.5 Å². The maximum atomic E-state index is 12.6. The summed E-state index contributed by atoms with van der Waals surface area (Å²) in [5.74, 6) is -2.23. The number of benzene rings is 2. The van der Waals surface area contributed by atoms with E-state index in [9.17, 15) is 19.5 Å². The van der Waals surface area contributed by atoms with Crippen LogP contribution in [-0.2, 0) is 27.9 Å². The van der Waals surface area contributed by atoms with Gasteiger partial charge in [0.2, 0.25) is 22.9 Å². The molecule has 0 saturated carbocycles. The number of carbonyl (C=O) groups is 3. The van der Waals surface area contributed by atoms with Crippen molar-refractivity contribution in [3.05, 3.63) is 66.7 Å². The molecule has 0 bridgehead atoms. The molecule has 5 aromatic rings. The fourth-order valence-corrected chi connectivity index (χ4v) is 4.40. The smallest absolute Gasteiger partial charge is 0.326 e. The molecule has 0 aliphatic heterocycles. The summed E-state index contributed by atoms with van der Waals surface area (Å²) >= 11 is 0. The highest BCUT2D eigenvalue weighted by Crippen LogP contribution is 2.35. The molecule has 0 aliphatic carbocycles. The average Bonchev–Trinajstić information content (AvgIpc) is 3.55. The minimum absolute atomic E-state index is 0.0442. The number of hydrogen-bond donors (Lipinski definition) is 5. The largest absolute Gasteiger partial charge is 0.480 e. The van der Waals surface area contributed by atoms with Crippen molar-refractivity contribution in [1.82, 2.24) is 20.6 Å². The molecule has 0 aliphatic rings. The number of aromatic amines is 1. The van der Waals surface area contributed by atoms with Crippen LogP contribution in [0.4, 0.5) is 5.69 Å². The zero-order chi connectivity index (χ0) is 25.9. The number of carbonyl (C=O) groups excluding carboxylic acids is 2. The third-order valence-corrected chi connectivity index (χ3v) is 6.15. The molecule has 188 valence electrons. The van der Waals surface area contributed by atoms with Crippen molar-refractivity contribution in [3.63, 3.8) is 0 Å². The van der Waals surface area contributed by atoms with Crippen molar-refractivity contribution >= 4 is 56.4 Å². The molecule has 3 aromatic heterocycles. The number of aryl methyl sites for hydroxylation is 1. The quantitative estimate of drug-likeness (QED) is 0.192. The van der Waals surface area contributed by atoms with Crippen LogP contribution in [0.5, 0.6) is 0 Å². The number of carboxylic acid groups (broad SMARTS) is 1. The molecule has 11 heteroatoms. The normalized spacial score (nSPS) is 12.0. The van der Waals surface area contributed by atoms with Gasteiger partial charge in [-0.2, -0.15) is 4.57 Å². The van der Waals surface area contributed by atoms with Gasteiger partial charge < -0.3 is 30.5 Å². The highest BCUT2D eigenvalue weighted by molar-refractivity contribution is 6.11. The molecule has 11 nitrogen and oxygen atoms in total. The number of rotatable bonds is 9. The number of H-pyrrole nitrogens is 1. The van der Waals surface area contributed by atoms with Crippen molar-refractivity contribution in [2.75, 3.05) is 18.4 Å². The fourth-order valence-electron chi connectivity index (χ4n) is 4.40. The van der Waals surface area contributed by atoms with E-state index in [1.54, 1.807) is 0 Å². The molecule has 1 atom stereocenters. The molecular weight excluding hydrogens is 476 g/mol. The van der Waals surface area contributed by atoms with Gasteiger partial charge in [0.25, 0.3) is 5.52 Å². The monoisotopic (exact) mass is 501 g/mol. The van der Waals surface area contributed by atoms with Crippen LogP contribution in [0.1, 0.15) is 5.69 Å². The summed E-state index contributed by atoms with van der Waals surface area (Å²) in [6.45, 7) is -0.481. The molecular formula is C26H25N6O5+. The Morgan fingerprint density at radius 1 is 1.05 bits per heavy atom. The van der Waals surface area contributed by atoms with Crippen molar-refractivity contribution in [1.29, 1.82) is 0 Å². The lowest BCUT2D eigenvalue weighted by atomic mass is 10.1. The predicted octanol–water partition coefficient (Wildman–Crippen LogP) is 1.63. The number of nitrogens with one attached hydrogen (secondary N) is 4. The Morgan fingerprint density at radius 3 is 2.57 bits per heavy atom. The van der Waals surface area contributed by atoms with E-state index < -0.39 is 23.8 Å². The number of aromatic nitrogens is 3. The van der Waals surface area contributed by atoms with E-state index in [2.05, 4.69) is 30.5 Å². The lowest BCUT2D eigenvalue weighted by Crippen LogP contribution is -2.47. The first-order chi connectivity index (χ1) is 17.9. The van der Waals surface area contributed by atoms with Gasteiger partial charge in [0.15, 0.2) is 0 Å². The molecule has 0 spiro atoms. The summed E-state index contributed by atoms with van der Waals surface area (Å²) in [5, 5.41) is 19.3. The van der Waals surface area contributed by atoms with E-state index in [0.717, 1.165) is 27.4 Å². The standard InChI is InChI=1S/C26H24N6O5/c1-32-19-8-4-2-6-16(19)23(25-24(32)17-7-3-5-9-20(17)37-25)29-12-21(33)28-13-22(34)31-18(26(35)36)10-15-11-27-14-30-15/h2-9,11,14,18H,10,12-13H2,1H3,(H4,27,28,30,31,33,34,35,36)/p+1. The zero-order valence-electron chi connectivity index (χ0n) is 19.9. The molecule has 0 radical (unpaired) electrons. The highest BCUT2D eigenvalue weighted by atomic mass is 16.4. The van der Waals surface area contributed by atoms with Gasteiger partial charge in [0.05, 0.1) is 35.9 Å². The lowest BCUT2D eigenvalue weighted by molar-refractivity contribution is -0.616. The SMILES string of the molecule is C[n+]1c2ccccc2c(NCC(=O)NCC(=O)NC(Cc2cnc[nH]2)C(=O)O)c2oc3ccccc3c21. The molecule has 2 amide bonds. The third-order valence-electron chi connectivity index (χ3n) is 6.15. The van der Waals surface area contributed by atoms with Crippen LogP contribution >= 0.6 is 0 Å². The van der Waals surface area contributed by atoms with Gasteiger partial charge in [-0.05, 0) is 18.2 Å². The molecule has 5 rings (SSSR count). The summed E-state index contributed by atoms with van der Waals surface area (Å²) in [4.78, 5) is 43.0. The number of anilines is 1. The Hall–Kier alpha value is -4.93. The second-order valence-corrected chi connectivity index (χ2v) is 8.60. The number of nitrogens with zero attached hydrogens (tertiary/aromatic N) is 2. The predicted molar refractivity (Wildman–Crippen MR) is 136 cm³/mol. The second kappa shape index (κ2) is 9.97. The Labute approximate surface area is 210 Å². The van der Waals surface area contributed by atoms with Gasteiger partial charge in [-0.1, -0.05) is 24.3 Å². The van der Waals surface area contributed by atoms with Crippen LogP contribution in [-0.4, -0.2) is 52.0 Å². The summed E-state index contributed by atoms with van der Waals surface area (Å²) in [6, 6.07) is 14.4. The summed E-state index contributed by atoms with van der Waals surface area (Å²) in [6.07, 6.45) is 2.96. The van der Waals surface area contributed by atoms with E-state index in [1.807, 2.05) is 55.6 Å². The van der Waals surface area contributed by atoms with Crippen LogP contribution in [0.25, 0.3) is 33.0 Å². The number of hydrogen-bond acceptors (Lipinski definition) is 6.